The van der Waals surface area contributed by atoms with Crippen LogP contribution in [0.15, 0.2) is 29.8 Å². The first-order chi connectivity index (χ1) is 16.4. The van der Waals surface area contributed by atoms with E-state index >= 15 is 0 Å². The summed E-state index contributed by atoms with van der Waals surface area (Å²) < 4.78 is 24.7. The Morgan fingerprint density at radius 3 is 2.74 bits per heavy atom. The van der Waals surface area contributed by atoms with Gasteiger partial charge in [0.05, 0.1) is 36.7 Å². The van der Waals surface area contributed by atoms with Crippen LogP contribution in [0.25, 0.3) is 22.1 Å². The number of methoxy groups -OCH3 is 1. The third-order valence-electron chi connectivity index (χ3n) is 6.22. The van der Waals surface area contributed by atoms with Crippen LogP contribution in [0, 0.1) is 5.82 Å². The maximum absolute atomic E-state index is 13.8. The number of ether oxygens (including phenoxy) is 2. The van der Waals surface area contributed by atoms with Crippen molar-refractivity contribution in [3.63, 3.8) is 0 Å². The molecule has 0 aliphatic carbocycles. The lowest BCUT2D eigenvalue weighted by atomic mass is 9.90. The number of rotatable bonds is 5. The number of esters is 1. The highest BCUT2D eigenvalue weighted by Crippen LogP contribution is 2.35. The lowest BCUT2D eigenvalue weighted by Gasteiger charge is -2.47. The number of nitrogens with zero attached hydrogens (tertiary/aromatic N) is 4. The first kappa shape index (κ1) is 23.3. The van der Waals surface area contributed by atoms with Crippen molar-refractivity contribution in [1.82, 2.24) is 19.9 Å². The van der Waals surface area contributed by atoms with E-state index in [0.29, 0.717) is 41.8 Å². The molecule has 178 valence electrons. The Kier molecular flexibility index (Phi) is 6.59. The van der Waals surface area contributed by atoms with Gasteiger partial charge in [0.1, 0.15) is 11.4 Å². The second-order valence-electron chi connectivity index (χ2n) is 8.42. The molecule has 1 aromatic carbocycles. The molecule has 34 heavy (non-hydrogen) atoms. The van der Waals surface area contributed by atoms with Crippen molar-refractivity contribution >= 4 is 28.9 Å². The number of nitrogens with two attached hydrogens (primary N) is 1. The first-order valence-electron chi connectivity index (χ1n) is 10.9. The summed E-state index contributed by atoms with van der Waals surface area (Å²) >= 11 is 7.78. The second kappa shape index (κ2) is 9.63. The number of hydrogen-bond acceptors (Lipinski definition) is 9. The number of halogens is 2. The van der Waals surface area contributed by atoms with Crippen LogP contribution in [0.1, 0.15) is 28.9 Å². The minimum atomic E-state index is -0.591. The van der Waals surface area contributed by atoms with Crippen LogP contribution < -0.4 is 5.73 Å². The van der Waals surface area contributed by atoms with Gasteiger partial charge in [-0.3, -0.25) is 4.90 Å². The molecule has 0 amide bonds. The minimum absolute atomic E-state index is 0.111. The first-order valence-corrected chi connectivity index (χ1v) is 12.1. The number of thiazole rings is 1. The van der Waals surface area contributed by atoms with Crippen molar-refractivity contribution in [2.24, 2.45) is 5.73 Å². The highest BCUT2D eigenvalue weighted by atomic mass is 35.5. The van der Waals surface area contributed by atoms with Gasteiger partial charge < -0.3 is 15.2 Å². The summed E-state index contributed by atoms with van der Waals surface area (Å²) in [5, 5.41) is 2.56. The zero-order chi connectivity index (χ0) is 23.8. The lowest BCUT2D eigenvalue weighted by Crippen LogP contribution is -2.59. The molecule has 2 bridgehead atoms. The summed E-state index contributed by atoms with van der Waals surface area (Å²) in [4.78, 5) is 29.1. The second-order valence-corrected chi connectivity index (χ2v) is 9.72. The summed E-state index contributed by atoms with van der Waals surface area (Å²) in [5.41, 5.74) is 7.65. The van der Waals surface area contributed by atoms with Gasteiger partial charge >= 0.3 is 5.97 Å². The van der Waals surface area contributed by atoms with Crippen molar-refractivity contribution < 1.29 is 18.7 Å². The summed E-state index contributed by atoms with van der Waals surface area (Å²) in [6.07, 6.45) is 3.26. The number of hydrogen-bond donors (Lipinski definition) is 1. The molecule has 2 aliphatic rings. The molecule has 0 radical (unpaired) electrons. The van der Waals surface area contributed by atoms with Crippen molar-refractivity contribution in [2.45, 2.75) is 37.5 Å². The van der Waals surface area contributed by atoms with Crippen molar-refractivity contribution in [1.29, 1.82) is 0 Å². The highest BCUT2D eigenvalue weighted by molar-refractivity contribution is 7.13. The van der Waals surface area contributed by atoms with Crippen LogP contribution in [-0.4, -0.2) is 64.3 Å². The van der Waals surface area contributed by atoms with Gasteiger partial charge in [-0.25, -0.2) is 24.1 Å². The largest absolute Gasteiger partial charge is 0.465 e. The normalized spacial score (nSPS) is 22.5. The number of morpholine rings is 1. The Balaban J connectivity index is 1.68. The van der Waals surface area contributed by atoms with Gasteiger partial charge in [0.15, 0.2) is 10.8 Å². The molecular formula is C23H23ClFN5O3S. The van der Waals surface area contributed by atoms with E-state index in [1.165, 1.54) is 36.6 Å². The van der Waals surface area contributed by atoms with Gasteiger partial charge in [-0.15, -0.1) is 11.3 Å². The minimum Gasteiger partial charge on any atom is -0.465 e. The fraction of sp³-hybridized carbons (Fsp3) is 0.391. The zero-order valence-corrected chi connectivity index (χ0v) is 20.0. The summed E-state index contributed by atoms with van der Waals surface area (Å²) in [7, 11) is 1.30. The van der Waals surface area contributed by atoms with Crippen LogP contribution in [0.4, 0.5) is 4.39 Å². The monoisotopic (exact) mass is 503 g/mol. The van der Waals surface area contributed by atoms with Gasteiger partial charge in [0.25, 0.3) is 0 Å². The van der Waals surface area contributed by atoms with E-state index in [1.807, 2.05) is 5.38 Å². The van der Waals surface area contributed by atoms with Crippen LogP contribution >= 0.6 is 22.9 Å². The predicted molar refractivity (Wildman–Crippen MR) is 126 cm³/mol. The maximum atomic E-state index is 13.8. The topological polar surface area (TPSA) is 103 Å². The third-order valence-corrected chi connectivity index (χ3v) is 7.31. The molecule has 2 atom stereocenters. The summed E-state index contributed by atoms with van der Waals surface area (Å²) in [6, 6.07) is 4.32. The molecule has 2 aromatic heterocycles. The van der Waals surface area contributed by atoms with Gasteiger partial charge in [-0.1, -0.05) is 11.6 Å². The van der Waals surface area contributed by atoms with Crippen molar-refractivity contribution in [3.05, 3.63) is 51.9 Å². The summed E-state index contributed by atoms with van der Waals surface area (Å²) in [6.45, 7) is 1.51. The Bertz CT molecular complexity index is 1200. The lowest BCUT2D eigenvalue weighted by molar-refractivity contribution is -0.0824. The Morgan fingerprint density at radius 1 is 1.32 bits per heavy atom. The van der Waals surface area contributed by atoms with Crippen LogP contribution in [0.2, 0.25) is 5.02 Å². The highest BCUT2D eigenvalue weighted by Gasteiger charge is 2.39. The van der Waals surface area contributed by atoms with E-state index in [9.17, 15) is 9.18 Å². The van der Waals surface area contributed by atoms with E-state index in [4.69, 9.17) is 31.8 Å². The van der Waals surface area contributed by atoms with E-state index < -0.39 is 11.8 Å². The van der Waals surface area contributed by atoms with E-state index in [2.05, 4.69) is 14.9 Å². The zero-order valence-electron chi connectivity index (χ0n) is 18.4. The number of fused-ring (bicyclic) bond motifs is 2. The quantitative estimate of drug-likeness (QED) is 0.527. The molecule has 8 nitrogen and oxygen atoms in total. The fourth-order valence-corrected chi connectivity index (χ4v) is 5.53. The Morgan fingerprint density at radius 2 is 2.09 bits per heavy atom. The number of carbonyl (C=O) groups is 1. The van der Waals surface area contributed by atoms with Crippen LogP contribution in [0.3, 0.4) is 0 Å². The standard InChI is InChI=1S/C23H23ClFN5O3S/c1-32-23(31)19-18(9-30-14-7-13(26)8-15(30)11-33-10-14)28-21(22-27-4-5-34-22)29-20(19)16-3-2-12(25)6-17(16)24/h2-6,13-15H,7-11,26H2,1H3. The van der Waals surface area contributed by atoms with Crippen LogP contribution in [-0.2, 0) is 16.0 Å². The average Bonchev–Trinajstić information content (AvgIpc) is 3.34. The Labute approximate surface area is 204 Å². The molecule has 2 saturated heterocycles. The van der Waals surface area contributed by atoms with E-state index in [1.54, 1.807) is 6.20 Å². The molecule has 5 rings (SSSR count). The predicted octanol–water partition coefficient (Wildman–Crippen LogP) is 3.54. The number of benzene rings is 1. The molecule has 0 saturated carbocycles. The van der Waals surface area contributed by atoms with Crippen molar-refractivity contribution in [2.75, 3.05) is 20.3 Å². The third kappa shape index (κ3) is 4.44. The molecule has 11 heteroatoms. The molecule has 4 heterocycles. The van der Waals surface area contributed by atoms with Gasteiger partial charge in [-0.2, -0.15) is 0 Å². The maximum Gasteiger partial charge on any atom is 0.342 e. The van der Waals surface area contributed by atoms with Crippen LogP contribution in [0.5, 0.6) is 0 Å². The number of piperidine rings is 1. The molecule has 0 spiro atoms. The van der Waals surface area contributed by atoms with E-state index in [-0.39, 0.29) is 34.4 Å². The SMILES string of the molecule is COC(=O)c1c(CN2C3COCC2CC(N)C3)nc(-c2nccs2)nc1-c1ccc(F)cc1Cl. The molecular weight excluding hydrogens is 481 g/mol. The fourth-order valence-electron chi connectivity index (χ4n) is 4.71. The molecule has 2 unspecified atom stereocenters. The smallest absolute Gasteiger partial charge is 0.342 e. The van der Waals surface area contributed by atoms with Crippen molar-refractivity contribution in [3.8, 4) is 22.1 Å². The molecule has 2 aliphatic heterocycles. The van der Waals surface area contributed by atoms with Gasteiger partial charge in [0.2, 0.25) is 0 Å². The van der Waals surface area contributed by atoms with Gasteiger partial charge in [0, 0.05) is 41.8 Å². The van der Waals surface area contributed by atoms with Gasteiger partial charge in [-0.05, 0) is 31.0 Å². The molecule has 3 aromatic rings. The molecule has 2 N–H and O–H groups in total. The average molecular weight is 504 g/mol. The number of carbonyl (C=O) groups excluding carboxylic acids is 1. The molecule has 2 fully saturated rings. The summed E-state index contributed by atoms with van der Waals surface area (Å²) in [5.74, 6) is -0.713. The number of aromatic nitrogens is 3. The van der Waals surface area contributed by atoms with E-state index in [0.717, 1.165) is 12.8 Å². The Hall–Kier alpha value is -2.50.